The molecule has 1 N–H and O–H groups in total. The van der Waals surface area contributed by atoms with E-state index in [1.807, 2.05) is 0 Å². The molecule has 0 bridgehead atoms. The van der Waals surface area contributed by atoms with Crippen LogP contribution in [0.4, 0.5) is 10.1 Å². The number of rotatable bonds is 5. The molecule has 0 spiro atoms. The fraction of sp³-hybridized carbons (Fsp3) is 0.417. The smallest absolute Gasteiger partial charge is 0.307 e. The van der Waals surface area contributed by atoms with Gasteiger partial charge in [0.1, 0.15) is 5.82 Å². The third kappa shape index (κ3) is 4.23. The Morgan fingerprint density at radius 2 is 2.29 bits per heavy atom. The maximum absolute atomic E-state index is 13.4. The summed E-state index contributed by atoms with van der Waals surface area (Å²) in [5, 5.41) is 3.15. The molecule has 1 atom stereocenters. The molecule has 0 saturated carbocycles. The summed E-state index contributed by atoms with van der Waals surface area (Å²) < 4.78 is 18.2. The number of hydrogen-bond donors (Lipinski definition) is 1. The molecule has 0 aliphatic carbocycles. The van der Waals surface area contributed by atoms with E-state index in [4.69, 9.17) is 16.3 Å². The zero-order chi connectivity index (χ0) is 12.8. The molecule has 17 heavy (non-hydrogen) atoms. The second-order valence-electron chi connectivity index (χ2n) is 3.65. The van der Waals surface area contributed by atoms with E-state index in [-0.39, 0.29) is 24.1 Å². The summed E-state index contributed by atoms with van der Waals surface area (Å²) in [7, 11) is 0. The van der Waals surface area contributed by atoms with E-state index in [0.717, 1.165) is 0 Å². The Kier molecular flexibility index (Phi) is 5.22. The van der Waals surface area contributed by atoms with Gasteiger partial charge in [-0.3, -0.25) is 4.79 Å². The zero-order valence-electron chi connectivity index (χ0n) is 9.80. The lowest BCUT2D eigenvalue weighted by molar-refractivity contribution is -0.143. The quantitative estimate of drug-likeness (QED) is 0.825. The number of benzene rings is 1. The van der Waals surface area contributed by atoms with Crippen LogP contribution in [0.2, 0.25) is 5.02 Å². The standard InChI is InChI=1S/C12H15ClFNO2/c1-3-17-11(16)7-8(2)15-12-9(13)5-4-6-10(12)14/h4-6,8,15H,3,7H2,1-2H3. The van der Waals surface area contributed by atoms with Gasteiger partial charge in [-0.05, 0) is 26.0 Å². The highest BCUT2D eigenvalue weighted by Crippen LogP contribution is 2.25. The van der Waals surface area contributed by atoms with E-state index in [1.54, 1.807) is 19.9 Å². The molecule has 0 aliphatic heterocycles. The summed E-state index contributed by atoms with van der Waals surface area (Å²) >= 11 is 5.85. The Morgan fingerprint density at radius 1 is 1.59 bits per heavy atom. The van der Waals surface area contributed by atoms with Crippen molar-refractivity contribution in [2.24, 2.45) is 0 Å². The second kappa shape index (κ2) is 6.45. The summed E-state index contributed by atoms with van der Waals surface area (Å²) in [6, 6.07) is 4.18. The number of ether oxygens (including phenoxy) is 1. The third-order valence-corrected chi connectivity index (χ3v) is 2.45. The third-order valence-electron chi connectivity index (χ3n) is 2.13. The first-order valence-electron chi connectivity index (χ1n) is 5.40. The molecule has 1 aromatic carbocycles. The monoisotopic (exact) mass is 259 g/mol. The van der Waals surface area contributed by atoms with Gasteiger partial charge in [-0.1, -0.05) is 17.7 Å². The minimum atomic E-state index is -0.437. The highest BCUT2D eigenvalue weighted by Gasteiger charge is 2.13. The van der Waals surface area contributed by atoms with Crippen LogP contribution in [0.3, 0.4) is 0 Å². The number of hydrogen-bond acceptors (Lipinski definition) is 3. The van der Waals surface area contributed by atoms with Crippen molar-refractivity contribution in [1.29, 1.82) is 0 Å². The van der Waals surface area contributed by atoms with Gasteiger partial charge in [-0.25, -0.2) is 4.39 Å². The van der Waals surface area contributed by atoms with Gasteiger partial charge in [0.15, 0.2) is 0 Å². The van der Waals surface area contributed by atoms with Crippen LogP contribution in [0.5, 0.6) is 0 Å². The van der Waals surface area contributed by atoms with Crippen LogP contribution in [0.25, 0.3) is 0 Å². The van der Waals surface area contributed by atoms with Crippen molar-refractivity contribution in [3.63, 3.8) is 0 Å². The first-order chi connectivity index (χ1) is 8.04. The predicted octanol–water partition coefficient (Wildman–Crippen LogP) is 3.23. The normalized spacial score (nSPS) is 12.0. The summed E-state index contributed by atoms with van der Waals surface area (Å²) in [5.41, 5.74) is 0.214. The van der Waals surface area contributed by atoms with Crippen LogP contribution in [-0.4, -0.2) is 18.6 Å². The van der Waals surface area contributed by atoms with Crippen LogP contribution in [0, 0.1) is 5.82 Å². The Hall–Kier alpha value is -1.29. The van der Waals surface area contributed by atoms with Gasteiger partial charge < -0.3 is 10.1 Å². The predicted molar refractivity (Wildman–Crippen MR) is 65.7 cm³/mol. The number of carbonyl (C=O) groups is 1. The lowest BCUT2D eigenvalue weighted by atomic mass is 10.2. The average Bonchev–Trinajstić information content (AvgIpc) is 2.24. The Bertz CT molecular complexity index is 378. The summed E-state index contributed by atoms with van der Waals surface area (Å²) in [4.78, 5) is 11.2. The fourth-order valence-corrected chi connectivity index (χ4v) is 1.62. The summed E-state index contributed by atoms with van der Waals surface area (Å²) in [6.45, 7) is 3.84. The van der Waals surface area contributed by atoms with Gasteiger partial charge in [-0.2, -0.15) is 0 Å². The van der Waals surface area contributed by atoms with Gasteiger partial charge in [0, 0.05) is 6.04 Å². The number of nitrogens with one attached hydrogen (secondary N) is 1. The second-order valence-corrected chi connectivity index (χ2v) is 4.06. The highest BCUT2D eigenvalue weighted by molar-refractivity contribution is 6.33. The van der Waals surface area contributed by atoms with Crippen molar-refractivity contribution >= 4 is 23.3 Å². The molecule has 1 aromatic rings. The topological polar surface area (TPSA) is 38.3 Å². The molecule has 3 nitrogen and oxygen atoms in total. The molecule has 0 fully saturated rings. The lowest BCUT2D eigenvalue weighted by Crippen LogP contribution is -2.21. The van der Waals surface area contributed by atoms with Crippen LogP contribution in [0.15, 0.2) is 18.2 Å². The molecule has 94 valence electrons. The number of anilines is 1. The van der Waals surface area contributed by atoms with Crippen molar-refractivity contribution < 1.29 is 13.9 Å². The number of esters is 1. The van der Waals surface area contributed by atoms with Crippen molar-refractivity contribution in [1.82, 2.24) is 0 Å². The number of halogens is 2. The van der Waals surface area contributed by atoms with Gasteiger partial charge in [0.05, 0.1) is 23.7 Å². The molecule has 0 aliphatic rings. The molecule has 1 unspecified atom stereocenters. The molecular weight excluding hydrogens is 245 g/mol. The minimum Gasteiger partial charge on any atom is -0.466 e. The molecule has 0 radical (unpaired) electrons. The fourth-order valence-electron chi connectivity index (χ4n) is 1.40. The first kappa shape index (κ1) is 13.8. The summed E-state index contributed by atoms with van der Waals surface area (Å²) in [5.74, 6) is -0.756. The largest absolute Gasteiger partial charge is 0.466 e. The minimum absolute atomic E-state index is 0.165. The molecule has 0 aromatic heterocycles. The first-order valence-corrected chi connectivity index (χ1v) is 5.78. The van der Waals surface area contributed by atoms with Crippen molar-refractivity contribution in [3.8, 4) is 0 Å². The van der Waals surface area contributed by atoms with Gasteiger partial charge in [0.2, 0.25) is 0 Å². The maximum Gasteiger partial charge on any atom is 0.307 e. The Labute approximate surface area is 105 Å². The SMILES string of the molecule is CCOC(=O)CC(C)Nc1c(F)cccc1Cl. The van der Waals surface area contributed by atoms with Crippen molar-refractivity contribution in [3.05, 3.63) is 29.0 Å². The van der Waals surface area contributed by atoms with Crippen molar-refractivity contribution in [2.45, 2.75) is 26.3 Å². The Balaban J connectivity index is 2.62. The maximum atomic E-state index is 13.4. The zero-order valence-corrected chi connectivity index (χ0v) is 10.6. The van der Waals surface area contributed by atoms with E-state index in [2.05, 4.69) is 5.32 Å². The van der Waals surface area contributed by atoms with E-state index in [1.165, 1.54) is 12.1 Å². The lowest BCUT2D eigenvalue weighted by Gasteiger charge is -2.16. The van der Waals surface area contributed by atoms with E-state index in [9.17, 15) is 9.18 Å². The average molecular weight is 260 g/mol. The molecular formula is C12H15ClFNO2. The molecule has 1 rings (SSSR count). The summed E-state index contributed by atoms with van der Waals surface area (Å²) in [6.07, 6.45) is 0.165. The molecule has 0 saturated heterocycles. The van der Waals surface area contributed by atoms with Crippen LogP contribution in [-0.2, 0) is 9.53 Å². The van der Waals surface area contributed by atoms with Crippen molar-refractivity contribution in [2.75, 3.05) is 11.9 Å². The molecule has 0 heterocycles. The number of para-hydroxylation sites is 1. The van der Waals surface area contributed by atoms with Gasteiger partial charge in [-0.15, -0.1) is 0 Å². The van der Waals surface area contributed by atoms with E-state index < -0.39 is 5.82 Å². The van der Waals surface area contributed by atoms with Crippen LogP contribution < -0.4 is 5.32 Å². The van der Waals surface area contributed by atoms with Gasteiger partial charge in [0.25, 0.3) is 0 Å². The highest BCUT2D eigenvalue weighted by atomic mass is 35.5. The Morgan fingerprint density at radius 3 is 2.88 bits per heavy atom. The van der Waals surface area contributed by atoms with Gasteiger partial charge >= 0.3 is 5.97 Å². The van der Waals surface area contributed by atoms with E-state index >= 15 is 0 Å². The molecule has 0 amide bonds. The van der Waals surface area contributed by atoms with Crippen LogP contribution in [0.1, 0.15) is 20.3 Å². The van der Waals surface area contributed by atoms with Crippen LogP contribution >= 0.6 is 11.6 Å². The number of carbonyl (C=O) groups excluding carboxylic acids is 1. The van der Waals surface area contributed by atoms with E-state index in [0.29, 0.717) is 11.6 Å². The molecule has 5 heteroatoms.